The quantitative estimate of drug-likeness (QED) is 0.662. The molecule has 1 saturated heterocycles. The minimum absolute atomic E-state index is 0.230. The summed E-state index contributed by atoms with van der Waals surface area (Å²) >= 11 is 3.46. The van der Waals surface area contributed by atoms with Gasteiger partial charge in [0.05, 0.1) is 22.5 Å². The zero-order valence-corrected chi connectivity index (χ0v) is 12.4. The van der Waals surface area contributed by atoms with Gasteiger partial charge in [-0.1, -0.05) is 0 Å². The van der Waals surface area contributed by atoms with Crippen molar-refractivity contribution in [2.24, 2.45) is 0 Å². The van der Waals surface area contributed by atoms with Gasteiger partial charge in [0.1, 0.15) is 0 Å². The smallest absolute Gasteiger partial charge is 0.235 e. The Balaban J connectivity index is 1.96. The lowest BCUT2D eigenvalue weighted by Gasteiger charge is -2.19. The highest BCUT2D eigenvalue weighted by molar-refractivity contribution is 9.10. The molecule has 7 heteroatoms. The molecule has 6 nitrogen and oxygen atoms in total. The number of fused-ring (bicyclic) bond motifs is 3. The van der Waals surface area contributed by atoms with E-state index in [4.69, 9.17) is 4.52 Å². The predicted molar refractivity (Wildman–Crippen MR) is 78.7 cm³/mol. The molecule has 4 rings (SSSR count). The second-order valence-corrected chi connectivity index (χ2v) is 5.91. The number of hydrogen-bond acceptors (Lipinski definition) is 4. The Morgan fingerprint density at radius 1 is 1.38 bits per heavy atom. The summed E-state index contributed by atoms with van der Waals surface area (Å²) in [7, 11) is 0. The number of hydrogen-bond donors (Lipinski definition) is 2. The van der Waals surface area contributed by atoms with Crippen LogP contribution < -0.4 is 5.32 Å². The fourth-order valence-electron chi connectivity index (χ4n) is 2.85. The minimum atomic E-state index is -0.414. The van der Waals surface area contributed by atoms with Crippen molar-refractivity contribution in [3.63, 3.8) is 0 Å². The van der Waals surface area contributed by atoms with Crippen molar-refractivity contribution in [3.8, 4) is 0 Å². The van der Waals surface area contributed by atoms with Crippen molar-refractivity contribution in [2.45, 2.75) is 18.8 Å². The number of rotatable bonds is 1. The van der Waals surface area contributed by atoms with Crippen LogP contribution >= 0.6 is 15.9 Å². The number of halogens is 1. The molecular weight excluding hydrogens is 338 g/mol. The van der Waals surface area contributed by atoms with Gasteiger partial charge in [0.25, 0.3) is 0 Å². The highest BCUT2D eigenvalue weighted by Gasteiger charge is 2.31. The van der Waals surface area contributed by atoms with E-state index in [0.29, 0.717) is 24.1 Å². The molecule has 106 valence electrons. The maximum absolute atomic E-state index is 12.1. The number of H-pyrrole nitrogens is 1. The number of carbonyl (C=O) groups excluding carboxylic acids is 2. The largest absolute Gasteiger partial charge is 0.382 e. The Hall–Kier alpha value is -2.15. The summed E-state index contributed by atoms with van der Waals surface area (Å²) in [5.41, 5.74) is 2.17. The molecule has 3 heterocycles. The van der Waals surface area contributed by atoms with E-state index in [2.05, 4.69) is 31.4 Å². The third-order valence-corrected chi connectivity index (χ3v) is 4.43. The Kier molecular flexibility index (Phi) is 2.65. The van der Waals surface area contributed by atoms with Crippen molar-refractivity contribution < 1.29 is 14.1 Å². The zero-order chi connectivity index (χ0) is 14.6. The van der Waals surface area contributed by atoms with Crippen molar-refractivity contribution in [1.82, 2.24) is 15.5 Å². The first-order valence-electron chi connectivity index (χ1n) is 6.53. The Morgan fingerprint density at radius 2 is 2.24 bits per heavy atom. The highest BCUT2D eigenvalue weighted by atomic mass is 79.9. The summed E-state index contributed by atoms with van der Waals surface area (Å²) in [5.74, 6) is -0.934. The maximum atomic E-state index is 12.1. The van der Waals surface area contributed by atoms with E-state index in [-0.39, 0.29) is 11.8 Å². The summed E-state index contributed by atoms with van der Waals surface area (Å²) in [6, 6.07) is 3.72. The predicted octanol–water partition coefficient (Wildman–Crippen LogP) is 2.59. The van der Waals surface area contributed by atoms with Gasteiger partial charge in [0, 0.05) is 28.5 Å². The van der Waals surface area contributed by atoms with Gasteiger partial charge < -0.3 is 4.52 Å². The molecule has 0 saturated carbocycles. The van der Waals surface area contributed by atoms with Gasteiger partial charge in [0.2, 0.25) is 11.8 Å². The maximum Gasteiger partial charge on any atom is 0.235 e. The van der Waals surface area contributed by atoms with Crippen LogP contribution in [0.5, 0.6) is 0 Å². The van der Waals surface area contributed by atoms with Crippen molar-refractivity contribution in [3.05, 3.63) is 28.5 Å². The number of imide groups is 1. The van der Waals surface area contributed by atoms with Crippen LogP contribution in [0, 0.1) is 0 Å². The van der Waals surface area contributed by atoms with Crippen LogP contribution in [-0.2, 0) is 9.59 Å². The molecule has 0 spiro atoms. The third kappa shape index (κ3) is 1.80. The second kappa shape index (κ2) is 4.42. The first kappa shape index (κ1) is 12.6. The molecule has 0 aliphatic carbocycles. The average molecular weight is 348 g/mol. The van der Waals surface area contributed by atoms with Gasteiger partial charge in [0.15, 0.2) is 5.58 Å². The number of aromatic nitrogens is 2. The third-order valence-electron chi connectivity index (χ3n) is 3.83. The van der Waals surface area contributed by atoms with Crippen LogP contribution in [0.2, 0.25) is 0 Å². The molecule has 0 bridgehead atoms. The van der Waals surface area contributed by atoms with E-state index >= 15 is 0 Å². The summed E-state index contributed by atoms with van der Waals surface area (Å²) < 4.78 is 6.33. The van der Waals surface area contributed by atoms with Crippen LogP contribution in [0.1, 0.15) is 24.5 Å². The van der Waals surface area contributed by atoms with E-state index in [1.54, 1.807) is 6.20 Å². The van der Waals surface area contributed by atoms with Gasteiger partial charge in [-0.2, -0.15) is 0 Å². The van der Waals surface area contributed by atoms with E-state index < -0.39 is 5.92 Å². The van der Waals surface area contributed by atoms with E-state index in [1.807, 2.05) is 12.1 Å². The molecule has 0 radical (unpaired) electrons. The monoisotopic (exact) mass is 347 g/mol. The van der Waals surface area contributed by atoms with Crippen LogP contribution in [-0.4, -0.2) is 22.0 Å². The van der Waals surface area contributed by atoms with Gasteiger partial charge in [-0.3, -0.25) is 19.9 Å². The SMILES string of the molecule is O=C1CCC(c2[nH]oc3cc(Br)c4nccc4c23)C(=O)N1. The summed E-state index contributed by atoms with van der Waals surface area (Å²) in [4.78, 5) is 27.7. The van der Waals surface area contributed by atoms with E-state index in [9.17, 15) is 9.59 Å². The number of nitrogens with one attached hydrogen (secondary N) is 2. The molecule has 1 atom stereocenters. The lowest BCUT2D eigenvalue weighted by atomic mass is 9.92. The highest BCUT2D eigenvalue weighted by Crippen LogP contribution is 2.37. The topological polar surface area (TPSA) is 88.0 Å². The van der Waals surface area contributed by atoms with E-state index in [1.165, 1.54) is 0 Å². The molecule has 21 heavy (non-hydrogen) atoms. The van der Waals surface area contributed by atoms with E-state index in [0.717, 1.165) is 20.8 Å². The summed E-state index contributed by atoms with van der Waals surface area (Å²) in [5, 5.41) is 6.98. The number of carbonyl (C=O) groups is 2. The van der Waals surface area contributed by atoms with Gasteiger partial charge >= 0.3 is 0 Å². The van der Waals surface area contributed by atoms with Crippen LogP contribution in [0.3, 0.4) is 0 Å². The summed E-state index contributed by atoms with van der Waals surface area (Å²) in [6.45, 7) is 0. The minimum Gasteiger partial charge on any atom is -0.382 e. The molecule has 1 unspecified atom stereocenters. The molecule has 3 aromatic rings. The second-order valence-electron chi connectivity index (χ2n) is 5.06. The lowest BCUT2D eigenvalue weighted by molar-refractivity contribution is -0.134. The van der Waals surface area contributed by atoms with Gasteiger partial charge in [-0.15, -0.1) is 0 Å². The molecule has 1 fully saturated rings. The molecule has 1 aromatic carbocycles. The summed E-state index contributed by atoms with van der Waals surface area (Å²) in [6.07, 6.45) is 2.52. The molecular formula is C14H10BrN3O3. The first-order chi connectivity index (χ1) is 10.1. The molecule has 2 N–H and O–H groups in total. The number of nitrogens with zero attached hydrogens (tertiary/aromatic N) is 1. The zero-order valence-electron chi connectivity index (χ0n) is 10.8. The number of aromatic amines is 1. The lowest BCUT2D eigenvalue weighted by Crippen LogP contribution is -2.39. The Morgan fingerprint density at radius 3 is 3.05 bits per heavy atom. The van der Waals surface area contributed by atoms with Gasteiger partial charge in [-0.25, -0.2) is 5.16 Å². The van der Waals surface area contributed by atoms with Crippen molar-refractivity contribution >= 4 is 49.6 Å². The fraction of sp³-hybridized carbons (Fsp3) is 0.214. The molecule has 1 aliphatic heterocycles. The number of benzene rings is 1. The molecule has 1 aliphatic rings. The van der Waals surface area contributed by atoms with Crippen LogP contribution in [0.4, 0.5) is 0 Å². The standard InChI is InChI=1S/C14H10BrN3O3/c15-8-5-9-11(6-3-4-16-12(6)8)13(18-21-9)7-1-2-10(19)17-14(7)20/h3-5,7,18H,1-2H2,(H,17,19,20). The van der Waals surface area contributed by atoms with Crippen LogP contribution in [0.15, 0.2) is 27.3 Å². The van der Waals surface area contributed by atoms with Crippen LogP contribution in [0.25, 0.3) is 21.9 Å². The molecule has 2 amide bonds. The van der Waals surface area contributed by atoms with Crippen molar-refractivity contribution in [1.29, 1.82) is 0 Å². The normalized spacial score (nSPS) is 19.4. The Bertz CT molecular complexity index is 896. The number of amides is 2. The van der Waals surface area contributed by atoms with Gasteiger partial charge in [-0.05, 0) is 28.4 Å². The average Bonchev–Trinajstić information content (AvgIpc) is 3.05. The fourth-order valence-corrected chi connectivity index (χ4v) is 3.37. The number of piperidine rings is 1. The Labute approximate surface area is 127 Å². The first-order valence-corrected chi connectivity index (χ1v) is 7.32. The molecule has 2 aromatic heterocycles. The van der Waals surface area contributed by atoms with Crippen molar-refractivity contribution in [2.75, 3.05) is 0 Å².